The first kappa shape index (κ1) is 16.2. The quantitative estimate of drug-likeness (QED) is 0.642. The van der Waals surface area contributed by atoms with Gasteiger partial charge in [0.2, 0.25) is 0 Å². The molecule has 1 aromatic rings. The summed E-state index contributed by atoms with van der Waals surface area (Å²) in [6.07, 6.45) is -4.74. The molecule has 0 bridgehead atoms. The number of pyridine rings is 1. The average Bonchev–Trinajstić information content (AvgIpc) is 2.42. The molecule has 8 heteroatoms. The maximum absolute atomic E-state index is 12.1. The molecule has 0 radical (unpaired) electrons. The molecule has 0 aliphatic carbocycles. The normalized spacial score (nSPS) is 11.3. The number of aryl methyl sites for hydroxylation is 1. The van der Waals surface area contributed by atoms with E-state index in [0.717, 1.165) is 4.90 Å². The predicted octanol–water partition coefficient (Wildman–Crippen LogP) is 1.95. The summed E-state index contributed by atoms with van der Waals surface area (Å²) in [6, 6.07) is 2.96. The van der Waals surface area contributed by atoms with Gasteiger partial charge in [-0.2, -0.15) is 13.2 Å². The van der Waals surface area contributed by atoms with Crippen molar-refractivity contribution < 1.29 is 18.0 Å². The zero-order chi connectivity index (χ0) is 15.3. The number of alkyl halides is 3. The van der Waals surface area contributed by atoms with Crippen LogP contribution in [0.3, 0.4) is 0 Å². The predicted molar refractivity (Wildman–Crippen MR) is 69.1 cm³/mol. The zero-order valence-corrected chi connectivity index (χ0v) is 11.3. The van der Waals surface area contributed by atoms with Crippen LogP contribution in [0.5, 0.6) is 0 Å². The highest BCUT2D eigenvalue weighted by Crippen LogP contribution is 2.20. The van der Waals surface area contributed by atoms with Gasteiger partial charge in [-0.15, -0.1) is 0 Å². The van der Waals surface area contributed by atoms with Gasteiger partial charge in [-0.3, -0.25) is 4.79 Å². The Balaban J connectivity index is 2.85. The minimum atomic E-state index is -4.29. The van der Waals surface area contributed by atoms with E-state index in [1.165, 1.54) is 13.1 Å². The summed E-state index contributed by atoms with van der Waals surface area (Å²) in [5.74, 6) is 5.05. The Bertz CT molecular complexity index is 454. The van der Waals surface area contributed by atoms with Crippen LogP contribution < -0.4 is 11.3 Å². The van der Waals surface area contributed by atoms with Gasteiger partial charge in [0.1, 0.15) is 5.82 Å². The van der Waals surface area contributed by atoms with Gasteiger partial charge in [-0.25, -0.2) is 10.8 Å². The van der Waals surface area contributed by atoms with E-state index in [0.29, 0.717) is 17.9 Å². The molecule has 1 aromatic heterocycles. The van der Waals surface area contributed by atoms with Crippen molar-refractivity contribution in [1.82, 2.24) is 9.88 Å². The smallest absolute Gasteiger partial charge is 0.341 e. The number of rotatable bonds is 5. The van der Waals surface area contributed by atoms with Gasteiger partial charge in [0.25, 0.3) is 5.91 Å². The fourth-order valence-corrected chi connectivity index (χ4v) is 1.58. The summed E-state index contributed by atoms with van der Waals surface area (Å²) in [6.45, 7) is 1.46. The van der Waals surface area contributed by atoms with Gasteiger partial charge in [-0.1, -0.05) is 6.92 Å². The molecule has 20 heavy (non-hydrogen) atoms. The maximum Gasteiger partial charge on any atom is 0.390 e. The second kappa shape index (κ2) is 6.56. The largest absolute Gasteiger partial charge is 0.390 e. The number of aromatic nitrogens is 1. The van der Waals surface area contributed by atoms with Crippen molar-refractivity contribution in [3.05, 3.63) is 23.4 Å². The Morgan fingerprint density at radius 2 is 2.10 bits per heavy atom. The number of carbonyl (C=O) groups excluding carboxylic acids is 1. The topological polar surface area (TPSA) is 71.2 Å². The number of nitrogen functional groups attached to an aromatic ring is 1. The van der Waals surface area contributed by atoms with Crippen LogP contribution in [0.1, 0.15) is 29.4 Å². The molecule has 1 heterocycles. The van der Waals surface area contributed by atoms with E-state index in [4.69, 9.17) is 5.84 Å². The highest BCUT2D eigenvalue weighted by atomic mass is 19.4. The number of anilines is 1. The summed E-state index contributed by atoms with van der Waals surface area (Å²) < 4.78 is 36.4. The molecule has 0 unspecified atom stereocenters. The lowest BCUT2D eigenvalue weighted by molar-refractivity contribution is -0.136. The Morgan fingerprint density at radius 1 is 1.45 bits per heavy atom. The third kappa shape index (κ3) is 4.69. The van der Waals surface area contributed by atoms with Crippen LogP contribution in [0.4, 0.5) is 19.0 Å². The van der Waals surface area contributed by atoms with Crippen LogP contribution in [0.15, 0.2) is 12.1 Å². The van der Waals surface area contributed by atoms with Gasteiger partial charge in [0, 0.05) is 24.8 Å². The lowest BCUT2D eigenvalue weighted by atomic mass is 10.1. The number of carbonyl (C=O) groups is 1. The lowest BCUT2D eigenvalue weighted by Gasteiger charge is -2.18. The molecule has 1 amide bonds. The molecular formula is C12H17F3N4O. The van der Waals surface area contributed by atoms with E-state index in [2.05, 4.69) is 10.4 Å². The highest BCUT2D eigenvalue weighted by molar-refractivity contribution is 5.94. The van der Waals surface area contributed by atoms with Crippen LogP contribution in [0.25, 0.3) is 0 Å². The molecule has 0 spiro atoms. The third-order valence-electron chi connectivity index (χ3n) is 2.71. The zero-order valence-electron chi connectivity index (χ0n) is 11.3. The summed E-state index contributed by atoms with van der Waals surface area (Å²) >= 11 is 0. The summed E-state index contributed by atoms with van der Waals surface area (Å²) in [7, 11) is 1.33. The van der Waals surface area contributed by atoms with Gasteiger partial charge >= 0.3 is 6.18 Å². The van der Waals surface area contributed by atoms with Crippen molar-refractivity contribution in [3.63, 3.8) is 0 Å². The van der Waals surface area contributed by atoms with E-state index in [1.54, 1.807) is 6.07 Å². The molecule has 0 atom stereocenters. The molecule has 3 N–H and O–H groups in total. The lowest BCUT2D eigenvalue weighted by Crippen LogP contribution is -2.30. The van der Waals surface area contributed by atoms with Gasteiger partial charge in [0.15, 0.2) is 0 Å². The van der Waals surface area contributed by atoms with Crippen LogP contribution in [-0.2, 0) is 6.42 Å². The molecule has 1 rings (SSSR count). The van der Waals surface area contributed by atoms with Crippen molar-refractivity contribution in [2.45, 2.75) is 25.9 Å². The number of amides is 1. The number of hydrazine groups is 1. The maximum atomic E-state index is 12.1. The number of nitrogens with two attached hydrogens (primary N) is 1. The van der Waals surface area contributed by atoms with E-state index >= 15 is 0 Å². The second-order valence-electron chi connectivity index (χ2n) is 4.32. The average molecular weight is 290 g/mol. The summed E-state index contributed by atoms with van der Waals surface area (Å²) in [5, 5.41) is 0. The number of nitrogens with zero attached hydrogens (tertiary/aromatic N) is 2. The summed E-state index contributed by atoms with van der Waals surface area (Å²) in [5.41, 5.74) is 3.22. The van der Waals surface area contributed by atoms with E-state index in [-0.39, 0.29) is 5.56 Å². The first-order valence-corrected chi connectivity index (χ1v) is 6.06. The number of hydrogen-bond acceptors (Lipinski definition) is 4. The summed E-state index contributed by atoms with van der Waals surface area (Å²) in [4.78, 5) is 17.2. The van der Waals surface area contributed by atoms with Gasteiger partial charge in [-0.05, 0) is 18.6 Å². The van der Waals surface area contributed by atoms with E-state index < -0.39 is 25.0 Å². The van der Waals surface area contributed by atoms with Crippen molar-refractivity contribution in [1.29, 1.82) is 0 Å². The van der Waals surface area contributed by atoms with Gasteiger partial charge < -0.3 is 10.3 Å². The minimum Gasteiger partial charge on any atom is -0.341 e. The molecule has 0 saturated carbocycles. The molecule has 0 aliphatic heterocycles. The molecule has 0 aliphatic rings. The number of nitrogens with one attached hydrogen (secondary N) is 1. The minimum absolute atomic E-state index is 0.259. The van der Waals surface area contributed by atoms with Crippen molar-refractivity contribution in [2.24, 2.45) is 5.84 Å². The molecule has 0 saturated heterocycles. The van der Waals surface area contributed by atoms with Crippen molar-refractivity contribution in [3.8, 4) is 0 Å². The highest BCUT2D eigenvalue weighted by Gasteiger charge is 2.28. The Kier molecular flexibility index (Phi) is 5.32. The monoisotopic (exact) mass is 290 g/mol. The van der Waals surface area contributed by atoms with Crippen molar-refractivity contribution in [2.75, 3.05) is 19.0 Å². The molecule has 0 aromatic carbocycles. The molecule has 112 valence electrons. The SMILES string of the molecule is CCc1cc(C(=O)N(C)CCC(F)(F)F)cc(NN)n1. The Morgan fingerprint density at radius 3 is 2.60 bits per heavy atom. The van der Waals surface area contributed by atoms with E-state index in [1.807, 2.05) is 6.92 Å². The third-order valence-corrected chi connectivity index (χ3v) is 2.71. The Hall–Kier alpha value is -1.83. The van der Waals surface area contributed by atoms with E-state index in [9.17, 15) is 18.0 Å². The molecule has 0 fully saturated rings. The van der Waals surface area contributed by atoms with Crippen LogP contribution in [-0.4, -0.2) is 35.6 Å². The fraction of sp³-hybridized carbons (Fsp3) is 0.500. The number of halogens is 3. The van der Waals surface area contributed by atoms with Crippen molar-refractivity contribution >= 4 is 11.7 Å². The standard InChI is InChI=1S/C12H17F3N4O/c1-3-9-6-8(7-10(17-9)18-16)11(20)19(2)5-4-12(13,14)15/h6-7H,3-5,16H2,1-2H3,(H,17,18). The van der Waals surface area contributed by atoms with Gasteiger partial charge in [0.05, 0.1) is 6.42 Å². The molecule has 5 nitrogen and oxygen atoms in total. The van der Waals surface area contributed by atoms with Crippen LogP contribution >= 0.6 is 0 Å². The van der Waals surface area contributed by atoms with Crippen LogP contribution in [0.2, 0.25) is 0 Å². The number of hydrogen-bond donors (Lipinski definition) is 2. The first-order chi connectivity index (χ1) is 9.26. The first-order valence-electron chi connectivity index (χ1n) is 6.06. The Labute approximate surface area is 114 Å². The fourth-order valence-electron chi connectivity index (χ4n) is 1.58. The molecular weight excluding hydrogens is 273 g/mol. The van der Waals surface area contributed by atoms with Crippen LogP contribution in [0, 0.1) is 0 Å². The second-order valence-corrected chi connectivity index (χ2v) is 4.32.